The summed E-state index contributed by atoms with van der Waals surface area (Å²) < 4.78 is 2.28. The van der Waals surface area contributed by atoms with Crippen molar-refractivity contribution >= 4 is 40.5 Å². The van der Waals surface area contributed by atoms with E-state index in [4.69, 9.17) is 12.2 Å². The Hall–Kier alpha value is -4.47. The Labute approximate surface area is 241 Å². The van der Waals surface area contributed by atoms with E-state index in [1.54, 1.807) is 23.9 Å². The minimum Gasteiger partial charge on any atom is -0.351 e. The number of thiocarbonyl (C=S) groups is 1. The number of nitro groups is 1. The first kappa shape index (κ1) is 25.8. The Kier molecular flexibility index (Phi) is 7.06. The molecule has 0 radical (unpaired) electrons. The van der Waals surface area contributed by atoms with Gasteiger partial charge in [-0.05, 0) is 91.9 Å². The first-order valence-corrected chi connectivity index (χ1v) is 14.0. The number of aromatic nitrogens is 2. The largest absolute Gasteiger partial charge is 0.351 e. The van der Waals surface area contributed by atoms with Crippen LogP contribution in [0, 0.1) is 17.0 Å². The number of non-ortho nitro benzene ring substituents is 1. The van der Waals surface area contributed by atoms with E-state index in [1.165, 1.54) is 12.1 Å². The molecule has 2 aromatic heterocycles. The predicted molar refractivity (Wildman–Crippen MR) is 162 cm³/mol. The summed E-state index contributed by atoms with van der Waals surface area (Å²) in [5.74, 6) is 0. The van der Waals surface area contributed by atoms with Crippen molar-refractivity contribution in [3.63, 3.8) is 0 Å². The van der Waals surface area contributed by atoms with Crippen LogP contribution >= 0.6 is 24.0 Å². The quantitative estimate of drug-likeness (QED) is 0.125. The second-order valence-electron chi connectivity index (χ2n) is 9.41. The second kappa shape index (κ2) is 11.0. The van der Waals surface area contributed by atoms with E-state index >= 15 is 0 Å². The molecule has 3 aromatic carbocycles. The Morgan fingerprint density at radius 1 is 0.850 bits per heavy atom. The number of hydrogen-bond donors (Lipinski definition) is 1. The van der Waals surface area contributed by atoms with Gasteiger partial charge in [-0.3, -0.25) is 15.1 Å². The van der Waals surface area contributed by atoms with Crippen molar-refractivity contribution in [1.82, 2.24) is 14.9 Å². The van der Waals surface area contributed by atoms with E-state index in [0.29, 0.717) is 5.11 Å². The highest BCUT2D eigenvalue weighted by molar-refractivity contribution is 7.99. The third-order valence-electron chi connectivity index (χ3n) is 6.92. The fraction of sp³-hybridized carbons (Fsp3) is 0.0968. The second-order valence-corrected chi connectivity index (χ2v) is 10.9. The zero-order valence-electron chi connectivity index (χ0n) is 21.5. The van der Waals surface area contributed by atoms with Gasteiger partial charge < -0.3 is 14.8 Å². The summed E-state index contributed by atoms with van der Waals surface area (Å²) in [7, 11) is 0. The van der Waals surface area contributed by atoms with Gasteiger partial charge in [0.25, 0.3) is 5.69 Å². The summed E-state index contributed by atoms with van der Waals surface area (Å²) in [6.07, 6.45) is 1.81. The van der Waals surface area contributed by atoms with Gasteiger partial charge in [0, 0.05) is 50.9 Å². The van der Waals surface area contributed by atoms with Gasteiger partial charge in [-0.1, -0.05) is 36.0 Å². The Morgan fingerprint density at radius 3 is 2.17 bits per heavy atom. The number of benzene rings is 3. The first-order valence-electron chi connectivity index (χ1n) is 12.8. The van der Waals surface area contributed by atoms with Gasteiger partial charge in [-0.25, -0.2) is 0 Å². The van der Waals surface area contributed by atoms with Crippen molar-refractivity contribution in [2.45, 2.75) is 28.8 Å². The summed E-state index contributed by atoms with van der Waals surface area (Å²) in [6, 6.07) is 35.1. The van der Waals surface area contributed by atoms with Crippen molar-refractivity contribution in [2.75, 3.05) is 4.90 Å². The Balaban J connectivity index is 1.37. The van der Waals surface area contributed by atoms with Crippen LogP contribution in [0.4, 0.5) is 11.4 Å². The number of nitrogens with one attached hydrogen (secondary N) is 1. The summed E-state index contributed by atoms with van der Waals surface area (Å²) in [6.45, 7) is 2.11. The third-order valence-corrected chi connectivity index (χ3v) is 8.25. The van der Waals surface area contributed by atoms with Crippen LogP contribution in [-0.2, 0) is 0 Å². The van der Waals surface area contributed by atoms with Gasteiger partial charge >= 0.3 is 0 Å². The Morgan fingerprint density at radius 2 is 1.52 bits per heavy atom. The number of para-hydroxylation sites is 1. The average molecular weight is 564 g/mol. The zero-order chi connectivity index (χ0) is 27.6. The van der Waals surface area contributed by atoms with E-state index in [-0.39, 0.29) is 22.7 Å². The maximum Gasteiger partial charge on any atom is 0.269 e. The molecule has 0 saturated carbocycles. The molecule has 1 N–H and O–H groups in total. The van der Waals surface area contributed by atoms with Crippen LogP contribution < -0.4 is 10.2 Å². The van der Waals surface area contributed by atoms with Crippen LogP contribution in [0.25, 0.3) is 5.69 Å². The van der Waals surface area contributed by atoms with E-state index in [0.717, 1.165) is 38.2 Å². The molecule has 0 bridgehead atoms. The summed E-state index contributed by atoms with van der Waals surface area (Å²) in [4.78, 5) is 19.4. The third kappa shape index (κ3) is 4.97. The number of anilines is 1. The lowest BCUT2D eigenvalue weighted by molar-refractivity contribution is -0.384. The molecule has 2 atom stereocenters. The highest BCUT2D eigenvalue weighted by atomic mass is 32.2. The number of hydrogen-bond acceptors (Lipinski definition) is 5. The summed E-state index contributed by atoms with van der Waals surface area (Å²) in [5.41, 5.74) is 5.30. The normalized spacial score (nSPS) is 16.6. The van der Waals surface area contributed by atoms with Gasteiger partial charge in [0.15, 0.2) is 5.11 Å². The van der Waals surface area contributed by atoms with Crippen LogP contribution in [0.3, 0.4) is 0 Å². The average Bonchev–Trinajstić information content (AvgIpc) is 3.53. The number of nitrogens with zero attached hydrogens (tertiary/aromatic N) is 4. The standard InChI is InChI=1S/C31H25N5O2S2/c1-21-10-19-28(34(21)22-7-3-2-4-8-22)30-29(27-9-5-6-20-32-27)33-31(39)35(30)23-11-15-25(16-12-23)40-26-17-13-24(14-18-26)36(37)38/h2-20,29-30H,1H3,(H,33,39)/t29-,30-/m0/s1. The number of rotatable bonds is 7. The number of pyridine rings is 1. The van der Waals surface area contributed by atoms with Crippen LogP contribution in [0.5, 0.6) is 0 Å². The molecule has 198 valence electrons. The lowest BCUT2D eigenvalue weighted by Gasteiger charge is -2.29. The highest BCUT2D eigenvalue weighted by Gasteiger charge is 2.42. The smallest absolute Gasteiger partial charge is 0.269 e. The molecule has 6 rings (SSSR count). The number of nitro benzene ring substituents is 1. The van der Waals surface area contributed by atoms with E-state index in [2.05, 4.69) is 75.2 Å². The summed E-state index contributed by atoms with van der Waals surface area (Å²) >= 11 is 7.49. The van der Waals surface area contributed by atoms with E-state index in [1.807, 2.05) is 42.6 Å². The SMILES string of the molecule is Cc1ccc([C@H]2[C@H](c3ccccn3)NC(=S)N2c2ccc(Sc3ccc([N+](=O)[O-])cc3)cc2)n1-c1ccccc1. The van der Waals surface area contributed by atoms with Gasteiger partial charge in [0.1, 0.15) is 6.04 Å². The molecular formula is C31H25N5O2S2. The zero-order valence-corrected chi connectivity index (χ0v) is 23.2. The molecule has 5 aromatic rings. The van der Waals surface area contributed by atoms with Crippen molar-refractivity contribution in [1.29, 1.82) is 0 Å². The number of aryl methyl sites for hydroxylation is 1. The first-order chi connectivity index (χ1) is 19.5. The Bertz CT molecular complexity index is 1660. The fourth-order valence-corrected chi connectivity index (χ4v) is 6.26. The monoisotopic (exact) mass is 563 g/mol. The lowest BCUT2D eigenvalue weighted by Crippen LogP contribution is -2.30. The van der Waals surface area contributed by atoms with Crippen molar-refractivity contribution in [3.8, 4) is 5.69 Å². The van der Waals surface area contributed by atoms with E-state index < -0.39 is 0 Å². The van der Waals surface area contributed by atoms with Crippen LogP contribution in [0.15, 0.2) is 125 Å². The van der Waals surface area contributed by atoms with Crippen LogP contribution in [0.1, 0.15) is 29.2 Å². The molecule has 1 saturated heterocycles. The lowest BCUT2D eigenvalue weighted by atomic mass is 10.0. The minimum atomic E-state index is -0.388. The predicted octanol–water partition coefficient (Wildman–Crippen LogP) is 7.42. The molecule has 1 aliphatic heterocycles. The highest BCUT2D eigenvalue weighted by Crippen LogP contribution is 2.43. The molecule has 9 heteroatoms. The summed E-state index contributed by atoms with van der Waals surface area (Å²) in [5, 5.41) is 15.2. The fourth-order valence-electron chi connectivity index (χ4n) is 5.10. The van der Waals surface area contributed by atoms with Gasteiger partial charge in [-0.15, -0.1) is 0 Å². The van der Waals surface area contributed by atoms with Gasteiger partial charge in [-0.2, -0.15) is 0 Å². The molecular weight excluding hydrogens is 539 g/mol. The van der Waals surface area contributed by atoms with Crippen molar-refractivity contribution in [3.05, 3.63) is 143 Å². The maximum atomic E-state index is 11.0. The molecule has 0 spiro atoms. The van der Waals surface area contributed by atoms with Gasteiger partial charge in [0.2, 0.25) is 0 Å². The molecule has 1 fully saturated rings. The molecule has 7 nitrogen and oxygen atoms in total. The topological polar surface area (TPSA) is 76.2 Å². The molecule has 1 aliphatic rings. The van der Waals surface area contributed by atoms with Crippen LogP contribution in [-0.4, -0.2) is 19.6 Å². The van der Waals surface area contributed by atoms with Crippen molar-refractivity contribution in [2.24, 2.45) is 0 Å². The van der Waals surface area contributed by atoms with Crippen LogP contribution in [0.2, 0.25) is 0 Å². The molecule has 0 aliphatic carbocycles. The van der Waals surface area contributed by atoms with Crippen molar-refractivity contribution < 1.29 is 4.92 Å². The molecule has 40 heavy (non-hydrogen) atoms. The molecule has 3 heterocycles. The maximum absolute atomic E-state index is 11.0. The van der Waals surface area contributed by atoms with E-state index in [9.17, 15) is 10.1 Å². The van der Waals surface area contributed by atoms with Gasteiger partial charge in [0.05, 0.1) is 16.7 Å². The molecule has 0 unspecified atom stereocenters. The molecule has 0 amide bonds. The minimum absolute atomic E-state index is 0.0822.